The molecule has 2 nitrogen and oxygen atoms in total. The zero-order chi connectivity index (χ0) is 8.97. The Labute approximate surface area is 73.2 Å². The molecule has 0 atom stereocenters. The minimum atomic E-state index is 0.388. The summed E-state index contributed by atoms with van der Waals surface area (Å²) in [7, 11) is 0. The van der Waals surface area contributed by atoms with Crippen LogP contribution in [0.5, 0.6) is 5.75 Å². The third kappa shape index (κ3) is 1.91. The van der Waals surface area contributed by atoms with E-state index in [2.05, 4.69) is 12.2 Å². The molecule has 0 heterocycles. The number of benzene rings is 1. The summed E-state index contributed by atoms with van der Waals surface area (Å²) in [5.74, 6) is 0.388. The highest BCUT2D eigenvalue weighted by Crippen LogP contribution is 2.21. The normalized spacial score (nSPS) is 9.83. The predicted octanol–water partition coefficient (Wildman–Crippen LogP) is 2.39. The van der Waals surface area contributed by atoms with Crippen LogP contribution in [0.1, 0.15) is 19.4 Å². The molecule has 0 aliphatic heterocycles. The number of aryl methyl sites for hydroxylation is 1. The van der Waals surface area contributed by atoms with Gasteiger partial charge in [0.1, 0.15) is 5.75 Å². The van der Waals surface area contributed by atoms with Crippen LogP contribution >= 0.6 is 0 Å². The van der Waals surface area contributed by atoms with E-state index in [1.807, 2.05) is 19.1 Å². The van der Waals surface area contributed by atoms with Crippen LogP contribution in [0.3, 0.4) is 0 Å². The third-order valence-electron chi connectivity index (χ3n) is 1.84. The highest BCUT2D eigenvalue weighted by Gasteiger charge is 1.98. The van der Waals surface area contributed by atoms with E-state index in [9.17, 15) is 5.11 Å². The van der Waals surface area contributed by atoms with Crippen molar-refractivity contribution in [3.8, 4) is 5.75 Å². The van der Waals surface area contributed by atoms with Crippen molar-refractivity contribution in [2.24, 2.45) is 0 Å². The Morgan fingerprint density at radius 1 is 1.33 bits per heavy atom. The van der Waals surface area contributed by atoms with Gasteiger partial charge in [0, 0.05) is 12.2 Å². The lowest BCUT2D eigenvalue weighted by Crippen LogP contribution is -1.96. The fourth-order valence-electron chi connectivity index (χ4n) is 1.18. The molecular weight excluding hydrogens is 150 g/mol. The number of hydrogen-bond acceptors (Lipinski definition) is 2. The number of phenolic OH excluding ortho intramolecular Hbond substituents is 1. The van der Waals surface area contributed by atoms with E-state index in [1.54, 1.807) is 6.07 Å². The molecule has 2 heteroatoms. The Bertz CT molecular complexity index is 258. The maximum atomic E-state index is 9.38. The largest absolute Gasteiger partial charge is 0.508 e. The monoisotopic (exact) mass is 165 g/mol. The average Bonchev–Trinajstić information content (AvgIpc) is 2.09. The topological polar surface area (TPSA) is 32.3 Å². The third-order valence-corrected chi connectivity index (χ3v) is 1.84. The van der Waals surface area contributed by atoms with Gasteiger partial charge in [0.2, 0.25) is 0 Å². The molecule has 0 unspecified atom stereocenters. The van der Waals surface area contributed by atoms with Crippen LogP contribution in [0.25, 0.3) is 0 Å². The van der Waals surface area contributed by atoms with Crippen LogP contribution in [-0.4, -0.2) is 11.7 Å². The Kier molecular flexibility index (Phi) is 2.97. The van der Waals surface area contributed by atoms with E-state index in [0.717, 1.165) is 24.2 Å². The molecule has 0 amide bonds. The molecule has 0 radical (unpaired) electrons. The van der Waals surface area contributed by atoms with Crippen molar-refractivity contribution in [2.45, 2.75) is 20.3 Å². The van der Waals surface area contributed by atoms with Crippen LogP contribution in [-0.2, 0) is 6.42 Å². The first kappa shape index (κ1) is 8.91. The summed E-state index contributed by atoms with van der Waals surface area (Å²) in [5.41, 5.74) is 2.07. The highest BCUT2D eigenvalue weighted by molar-refractivity contribution is 5.50. The van der Waals surface area contributed by atoms with E-state index in [4.69, 9.17) is 0 Å². The lowest BCUT2D eigenvalue weighted by molar-refractivity contribution is 0.469. The van der Waals surface area contributed by atoms with Crippen molar-refractivity contribution in [1.82, 2.24) is 0 Å². The van der Waals surface area contributed by atoms with E-state index in [1.165, 1.54) is 0 Å². The van der Waals surface area contributed by atoms with E-state index < -0.39 is 0 Å². The van der Waals surface area contributed by atoms with Crippen LogP contribution in [0, 0.1) is 0 Å². The minimum absolute atomic E-state index is 0.388. The molecule has 1 rings (SSSR count). The summed E-state index contributed by atoms with van der Waals surface area (Å²) in [4.78, 5) is 0. The van der Waals surface area contributed by atoms with Crippen molar-refractivity contribution in [1.29, 1.82) is 0 Å². The van der Waals surface area contributed by atoms with Crippen LogP contribution < -0.4 is 5.32 Å². The fraction of sp³-hybridized carbons (Fsp3) is 0.400. The highest BCUT2D eigenvalue weighted by atomic mass is 16.3. The molecule has 0 spiro atoms. The molecule has 0 saturated heterocycles. The van der Waals surface area contributed by atoms with E-state index in [-0.39, 0.29) is 0 Å². The predicted molar refractivity (Wildman–Crippen MR) is 51.6 cm³/mol. The number of aromatic hydroxyl groups is 1. The van der Waals surface area contributed by atoms with Crippen molar-refractivity contribution >= 4 is 5.69 Å². The lowest BCUT2D eigenvalue weighted by Gasteiger charge is -2.06. The molecular formula is C10H15NO. The van der Waals surface area contributed by atoms with Crippen LogP contribution in [0.2, 0.25) is 0 Å². The first-order valence-corrected chi connectivity index (χ1v) is 4.33. The zero-order valence-electron chi connectivity index (χ0n) is 7.59. The smallest absolute Gasteiger partial charge is 0.118 e. The fourth-order valence-corrected chi connectivity index (χ4v) is 1.18. The maximum absolute atomic E-state index is 9.38. The second-order valence-electron chi connectivity index (χ2n) is 2.73. The molecule has 1 aromatic carbocycles. The second kappa shape index (κ2) is 4.00. The van der Waals surface area contributed by atoms with Gasteiger partial charge in [-0.2, -0.15) is 0 Å². The Morgan fingerprint density at radius 2 is 2.08 bits per heavy atom. The molecule has 0 bridgehead atoms. The van der Waals surface area contributed by atoms with Gasteiger partial charge in [-0.25, -0.2) is 0 Å². The van der Waals surface area contributed by atoms with Gasteiger partial charge in [-0.15, -0.1) is 0 Å². The van der Waals surface area contributed by atoms with Crippen LogP contribution in [0.15, 0.2) is 18.2 Å². The number of hydrogen-bond donors (Lipinski definition) is 2. The summed E-state index contributed by atoms with van der Waals surface area (Å²) >= 11 is 0. The van der Waals surface area contributed by atoms with Gasteiger partial charge in [-0.1, -0.05) is 6.92 Å². The summed E-state index contributed by atoms with van der Waals surface area (Å²) in [6.07, 6.45) is 0.866. The van der Waals surface area contributed by atoms with Gasteiger partial charge >= 0.3 is 0 Å². The van der Waals surface area contributed by atoms with Crippen molar-refractivity contribution in [3.05, 3.63) is 23.8 Å². The van der Waals surface area contributed by atoms with Crippen molar-refractivity contribution < 1.29 is 5.11 Å². The maximum Gasteiger partial charge on any atom is 0.118 e. The van der Waals surface area contributed by atoms with Gasteiger partial charge in [-0.3, -0.25) is 0 Å². The van der Waals surface area contributed by atoms with Crippen molar-refractivity contribution in [2.75, 3.05) is 11.9 Å². The molecule has 2 N–H and O–H groups in total. The quantitative estimate of drug-likeness (QED) is 0.674. The molecule has 0 aromatic heterocycles. The molecule has 0 fully saturated rings. The zero-order valence-corrected chi connectivity index (χ0v) is 7.59. The summed E-state index contributed by atoms with van der Waals surface area (Å²) in [6.45, 7) is 5.00. The second-order valence-corrected chi connectivity index (χ2v) is 2.73. The Hall–Kier alpha value is -1.18. The van der Waals surface area contributed by atoms with E-state index >= 15 is 0 Å². The molecule has 0 aliphatic carbocycles. The first-order chi connectivity index (χ1) is 5.77. The number of rotatable bonds is 3. The standard InChI is InChI=1S/C10H15NO/c1-3-8-7-9(11-4-2)5-6-10(8)12/h5-7,11-12H,3-4H2,1-2H3. The van der Waals surface area contributed by atoms with Gasteiger partial charge < -0.3 is 10.4 Å². The van der Waals surface area contributed by atoms with Crippen molar-refractivity contribution in [3.63, 3.8) is 0 Å². The number of phenols is 1. The molecule has 0 aliphatic rings. The van der Waals surface area contributed by atoms with Gasteiger partial charge in [0.15, 0.2) is 0 Å². The van der Waals surface area contributed by atoms with Gasteiger partial charge in [0.25, 0.3) is 0 Å². The average molecular weight is 165 g/mol. The molecule has 66 valence electrons. The molecule has 1 aromatic rings. The molecule has 12 heavy (non-hydrogen) atoms. The summed E-state index contributed by atoms with van der Waals surface area (Å²) < 4.78 is 0. The number of nitrogens with one attached hydrogen (secondary N) is 1. The Morgan fingerprint density at radius 3 is 2.67 bits per heavy atom. The SMILES string of the molecule is CCNc1ccc(O)c(CC)c1. The molecule has 0 saturated carbocycles. The van der Waals surface area contributed by atoms with Gasteiger partial charge in [-0.05, 0) is 37.1 Å². The lowest BCUT2D eigenvalue weighted by atomic mass is 10.1. The van der Waals surface area contributed by atoms with Crippen LogP contribution in [0.4, 0.5) is 5.69 Å². The first-order valence-electron chi connectivity index (χ1n) is 4.33. The minimum Gasteiger partial charge on any atom is -0.508 e. The Balaban J connectivity index is 2.89. The summed E-state index contributed by atoms with van der Waals surface area (Å²) in [6, 6.07) is 5.60. The van der Waals surface area contributed by atoms with E-state index in [0.29, 0.717) is 5.75 Å². The van der Waals surface area contributed by atoms with Gasteiger partial charge in [0.05, 0.1) is 0 Å². The summed E-state index contributed by atoms with van der Waals surface area (Å²) in [5, 5.41) is 12.6. The number of anilines is 1.